The Labute approximate surface area is 148 Å². The highest BCUT2D eigenvalue weighted by Gasteiger charge is 2.11. The molecule has 0 amide bonds. The summed E-state index contributed by atoms with van der Waals surface area (Å²) < 4.78 is 21.6. The van der Waals surface area contributed by atoms with Crippen LogP contribution in [0.3, 0.4) is 0 Å². The largest absolute Gasteiger partial charge is 0.493 e. The second kappa shape index (κ2) is 9.46. The first-order chi connectivity index (χ1) is 12.0. The molecular weight excluding hydrogens is 322 g/mol. The third-order valence-electron chi connectivity index (χ3n) is 3.77. The molecular formula is C19H27NO5. The minimum atomic E-state index is -0.568. The Kier molecular flexibility index (Phi) is 7.31. The molecule has 0 radical (unpaired) electrons. The molecule has 0 saturated heterocycles. The summed E-state index contributed by atoms with van der Waals surface area (Å²) >= 11 is 0. The number of ether oxygens (including phenoxy) is 3. The number of rotatable bonds is 10. The molecule has 1 aromatic carbocycles. The van der Waals surface area contributed by atoms with Gasteiger partial charge in [0.05, 0.1) is 40.1 Å². The predicted octanol–water partition coefficient (Wildman–Crippen LogP) is 2.61. The lowest BCUT2D eigenvalue weighted by molar-refractivity contribution is 0.0119. The van der Waals surface area contributed by atoms with Gasteiger partial charge in [-0.05, 0) is 43.8 Å². The Morgan fingerprint density at radius 1 is 1.12 bits per heavy atom. The van der Waals surface area contributed by atoms with Crippen molar-refractivity contribution in [3.63, 3.8) is 0 Å². The zero-order valence-corrected chi connectivity index (χ0v) is 15.3. The van der Waals surface area contributed by atoms with Crippen molar-refractivity contribution >= 4 is 0 Å². The summed E-state index contributed by atoms with van der Waals surface area (Å²) in [6.07, 6.45) is -0.568. The Balaban J connectivity index is 1.73. The number of aliphatic hydroxyl groups excluding tert-OH is 1. The van der Waals surface area contributed by atoms with Gasteiger partial charge in [0.1, 0.15) is 11.5 Å². The summed E-state index contributed by atoms with van der Waals surface area (Å²) in [5.41, 5.74) is 0.962. The van der Waals surface area contributed by atoms with E-state index in [0.717, 1.165) is 17.1 Å². The van der Waals surface area contributed by atoms with Crippen LogP contribution in [0.4, 0.5) is 0 Å². The third-order valence-corrected chi connectivity index (χ3v) is 3.77. The molecule has 0 aliphatic carbocycles. The Hall–Kier alpha value is -2.02. The van der Waals surface area contributed by atoms with Gasteiger partial charge in [-0.25, -0.2) is 0 Å². The lowest BCUT2D eigenvalue weighted by Crippen LogP contribution is -2.31. The van der Waals surface area contributed by atoms with Crippen LogP contribution in [0.15, 0.2) is 34.7 Å². The van der Waals surface area contributed by atoms with Crippen molar-refractivity contribution in [3.05, 3.63) is 47.4 Å². The molecule has 1 heterocycles. The maximum absolute atomic E-state index is 10.1. The van der Waals surface area contributed by atoms with Crippen molar-refractivity contribution in [3.8, 4) is 11.5 Å². The van der Waals surface area contributed by atoms with Crippen LogP contribution in [-0.2, 0) is 17.9 Å². The minimum Gasteiger partial charge on any atom is -0.493 e. The van der Waals surface area contributed by atoms with Crippen LogP contribution in [0.1, 0.15) is 17.1 Å². The van der Waals surface area contributed by atoms with Gasteiger partial charge in [-0.2, -0.15) is 0 Å². The van der Waals surface area contributed by atoms with Crippen LogP contribution in [-0.4, -0.2) is 50.5 Å². The van der Waals surface area contributed by atoms with E-state index in [4.69, 9.17) is 18.6 Å². The molecule has 25 heavy (non-hydrogen) atoms. The van der Waals surface area contributed by atoms with Gasteiger partial charge >= 0.3 is 0 Å². The van der Waals surface area contributed by atoms with Gasteiger partial charge in [-0.15, -0.1) is 0 Å². The maximum Gasteiger partial charge on any atom is 0.161 e. The normalized spacial score (nSPS) is 12.4. The molecule has 1 atom stereocenters. The van der Waals surface area contributed by atoms with Crippen molar-refractivity contribution in [2.24, 2.45) is 0 Å². The first kappa shape index (κ1) is 19.3. The molecule has 0 spiro atoms. The number of aliphatic hydroxyl groups is 1. The van der Waals surface area contributed by atoms with Gasteiger partial charge in [0, 0.05) is 6.54 Å². The summed E-state index contributed by atoms with van der Waals surface area (Å²) in [4.78, 5) is 2.00. The molecule has 0 aliphatic rings. The Morgan fingerprint density at radius 3 is 2.52 bits per heavy atom. The van der Waals surface area contributed by atoms with Crippen LogP contribution >= 0.6 is 0 Å². The predicted molar refractivity (Wildman–Crippen MR) is 95.0 cm³/mol. The van der Waals surface area contributed by atoms with Crippen LogP contribution in [0, 0.1) is 6.92 Å². The molecule has 0 bridgehead atoms. The van der Waals surface area contributed by atoms with E-state index in [9.17, 15) is 5.11 Å². The molecule has 138 valence electrons. The van der Waals surface area contributed by atoms with Gasteiger partial charge < -0.3 is 23.7 Å². The summed E-state index contributed by atoms with van der Waals surface area (Å²) in [7, 11) is 5.14. The Morgan fingerprint density at radius 2 is 1.88 bits per heavy atom. The van der Waals surface area contributed by atoms with Crippen LogP contribution in [0.2, 0.25) is 0 Å². The van der Waals surface area contributed by atoms with Gasteiger partial charge in [0.15, 0.2) is 11.5 Å². The van der Waals surface area contributed by atoms with E-state index in [2.05, 4.69) is 0 Å². The Bertz CT molecular complexity index is 655. The van der Waals surface area contributed by atoms with E-state index in [1.807, 2.05) is 49.2 Å². The fourth-order valence-corrected chi connectivity index (χ4v) is 2.60. The lowest BCUT2D eigenvalue weighted by atomic mass is 10.2. The second-order valence-electron chi connectivity index (χ2n) is 6.07. The number of furan rings is 1. The molecule has 1 aromatic heterocycles. The minimum absolute atomic E-state index is 0.260. The highest BCUT2D eigenvalue weighted by atomic mass is 16.5. The number of methoxy groups -OCH3 is 2. The smallest absolute Gasteiger partial charge is 0.161 e. The molecule has 0 aliphatic heterocycles. The van der Waals surface area contributed by atoms with E-state index in [1.165, 1.54) is 0 Å². The van der Waals surface area contributed by atoms with E-state index in [0.29, 0.717) is 31.2 Å². The molecule has 1 N–H and O–H groups in total. The van der Waals surface area contributed by atoms with E-state index < -0.39 is 6.10 Å². The molecule has 6 heteroatoms. The third kappa shape index (κ3) is 6.08. The average Bonchev–Trinajstić information content (AvgIpc) is 2.99. The van der Waals surface area contributed by atoms with Gasteiger partial charge in [-0.3, -0.25) is 4.90 Å². The maximum atomic E-state index is 10.1. The summed E-state index contributed by atoms with van der Waals surface area (Å²) in [5, 5.41) is 10.1. The fraction of sp³-hybridized carbons (Fsp3) is 0.474. The van der Waals surface area contributed by atoms with E-state index >= 15 is 0 Å². The average molecular weight is 349 g/mol. The van der Waals surface area contributed by atoms with Crippen molar-refractivity contribution in [2.45, 2.75) is 26.2 Å². The van der Waals surface area contributed by atoms with Crippen LogP contribution in [0.5, 0.6) is 11.5 Å². The zero-order valence-electron chi connectivity index (χ0n) is 15.3. The molecule has 0 fully saturated rings. The number of nitrogens with zero attached hydrogens (tertiary/aromatic N) is 1. The quantitative estimate of drug-likeness (QED) is 0.711. The summed E-state index contributed by atoms with van der Waals surface area (Å²) in [6.45, 7) is 3.74. The van der Waals surface area contributed by atoms with Crippen molar-refractivity contribution in [1.82, 2.24) is 4.90 Å². The molecule has 0 saturated carbocycles. The standard InChI is InChI=1S/C19H27NO5/c1-14-5-7-17(25-14)11-20(2)10-16(21)13-24-12-15-6-8-18(22-3)19(9-15)23-4/h5-9,16,21H,10-13H2,1-4H3/t16-/m0/s1. The van der Waals surface area contributed by atoms with Gasteiger partial charge in [0.2, 0.25) is 0 Å². The topological polar surface area (TPSA) is 64.3 Å². The highest BCUT2D eigenvalue weighted by Crippen LogP contribution is 2.27. The molecule has 2 aromatic rings. The molecule has 0 unspecified atom stereocenters. The van der Waals surface area contributed by atoms with E-state index in [1.54, 1.807) is 14.2 Å². The van der Waals surface area contributed by atoms with Crippen molar-refractivity contribution in [1.29, 1.82) is 0 Å². The number of benzene rings is 1. The molecule has 2 rings (SSSR count). The van der Waals surface area contributed by atoms with Gasteiger partial charge in [0.25, 0.3) is 0 Å². The zero-order chi connectivity index (χ0) is 18.2. The van der Waals surface area contributed by atoms with E-state index in [-0.39, 0.29) is 6.61 Å². The highest BCUT2D eigenvalue weighted by molar-refractivity contribution is 5.42. The first-order valence-corrected chi connectivity index (χ1v) is 8.22. The summed E-state index contributed by atoms with van der Waals surface area (Å²) in [6, 6.07) is 9.51. The number of hydrogen-bond acceptors (Lipinski definition) is 6. The second-order valence-corrected chi connectivity index (χ2v) is 6.07. The fourth-order valence-electron chi connectivity index (χ4n) is 2.60. The summed E-state index contributed by atoms with van der Waals surface area (Å²) in [5.74, 6) is 3.12. The lowest BCUT2D eigenvalue weighted by Gasteiger charge is -2.19. The number of aryl methyl sites for hydroxylation is 1. The van der Waals surface area contributed by atoms with Crippen LogP contribution < -0.4 is 9.47 Å². The molecule has 6 nitrogen and oxygen atoms in total. The van der Waals surface area contributed by atoms with Crippen LogP contribution in [0.25, 0.3) is 0 Å². The monoisotopic (exact) mass is 349 g/mol. The first-order valence-electron chi connectivity index (χ1n) is 8.22. The van der Waals surface area contributed by atoms with Gasteiger partial charge in [-0.1, -0.05) is 6.07 Å². The van der Waals surface area contributed by atoms with Crippen molar-refractivity contribution < 1.29 is 23.7 Å². The number of hydrogen-bond donors (Lipinski definition) is 1. The SMILES string of the molecule is COc1ccc(COC[C@@H](O)CN(C)Cc2ccc(C)o2)cc1OC. The van der Waals surface area contributed by atoms with Crippen molar-refractivity contribution in [2.75, 3.05) is 34.4 Å². The number of likely N-dealkylation sites (N-methyl/N-ethyl adjacent to an activating group) is 1.